The molecule has 0 aliphatic heterocycles. The lowest BCUT2D eigenvalue weighted by Crippen LogP contribution is -2.41. The Morgan fingerprint density at radius 3 is 2.62 bits per heavy atom. The van der Waals surface area contributed by atoms with E-state index >= 15 is 0 Å². The van der Waals surface area contributed by atoms with Crippen molar-refractivity contribution >= 4 is 5.96 Å². The van der Waals surface area contributed by atoms with Crippen LogP contribution in [0, 0.1) is 6.92 Å². The molecular formula is C17H27N3O. The maximum atomic E-state index is 5.95. The fraction of sp³-hybridized carbons (Fsp3) is 0.588. The third kappa shape index (κ3) is 5.66. The number of benzene rings is 1. The fourth-order valence-corrected chi connectivity index (χ4v) is 2.62. The topological polar surface area (TPSA) is 59.6 Å². The van der Waals surface area contributed by atoms with Crippen molar-refractivity contribution in [3.05, 3.63) is 29.8 Å². The Labute approximate surface area is 127 Å². The zero-order chi connectivity index (χ0) is 15.1. The molecule has 0 radical (unpaired) electrons. The van der Waals surface area contributed by atoms with Crippen molar-refractivity contribution in [2.45, 2.75) is 58.1 Å². The minimum Gasteiger partial charge on any atom is -0.489 e. The number of aryl methyl sites for hydroxylation is 1. The number of guanidine groups is 1. The largest absolute Gasteiger partial charge is 0.489 e. The first-order valence-corrected chi connectivity index (χ1v) is 7.93. The van der Waals surface area contributed by atoms with Crippen LogP contribution in [-0.2, 0) is 0 Å². The van der Waals surface area contributed by atoms with Crippen LogP contribution in [0.1, 0.15) is 44.6 Å². The average Bonchev–Trinajstić information content (AvgIpc) is 2.49. The van der Waals surface area contributed by atoms with E-state index in [4.69, 9.17) is 10.5 Å². The molecule has 1 atom stereocenters. The Morgan fingerprint density at radius 1 is 1.29 bits per heavy atom. The molecular weight excluding hydrogens is 262 g/mol. The van der Waals surface area contributed by atoms with Gasteiger partial charge >= 0.3 is 0 Å². The van der Waals surface area contributed by atoms with E-state index < -0.39 is 0 Å². The Kier molecular flexibility index (Phi) is 5.90. The van der Waals surface area contributed by atoms with E-state index in [9.17, 15) is 0 Å². The van der Waals surface area contributed by atoms with Crippen LogP contribution in [0.25, 0.3) is 0 Å². The molecule has 1 unspecified atom stereocenters. The van der Waals surface area contributed by atoms with Crippen molar-refractivity contribution < 1.29 is 4.74 Å². The van der Waals surface area contributed by atoms with Crippen LogP contribution in [0.15, 0.2) is 29.3 Å². The van der Waals surface area contributed by atoms with E-state index in [1.54, 1.807) is 0 Å². The Hall–Kier alpha value is -1.71. The summed E-state index contributed by atoms with van der Waals surface area (Å²) >= 11 is 0. The van der Waals surface area contributed by atoms with Crippen LogP contribution in [0.3, 0.4) is 0 Å². The molecule has 0 spiro atoms. The molecule has 3 N–H and O–H groups in total. The predicted octanol–water partition coefficient (Wildman–Crippen LogP) is 3.00. The van der Waals surface area contributed by atoms with Crippen LogP contribution in [0.4, 0.5) is 0 Å². The molecule has 1 aromatic carbocycles. The fourth-order valence-electron chi connectivity index (χ4n) is 2.62. The van der Waals surface area contributed by atoms with Gasteiger partial charge in [0.1, 0.15) is 11.9 Å². The van der Waals surface area contributed by atoms with E-state index in [0.29, 0.717) is 18.5 Å². The van der Waals surface area contributed by atoms with Gasteiger partial charge in [0, 0.05) is 6.04 Å². The van der Waals surface area contributed by atoms with Crippen molar-refractivity contribution in [1.82, 2.24) is 5.32 Å². The molecule has 1 aromatic rings. The Bertz CT molecular complexity index is 450. The Morgan fingerprint density at radius 2 is 1.95 bits per heavy atom. The zero-order valence-electron chi connectivity index (χ0n) is 13.1. The summed E-state index contributed by atoms with van der Waals surface area (Å²) < 4.78 is 5.82. The van der Waals surface area contributed by atoms with E-state index in [1.807, 2.05) is 31.2 Å². The van der Waals surface area contributed by atoms with Gasteiger partial charge in [-0.3, -0.25) is 0 Å². The van der Waals surface area contributed by atoms with Gasteiger partial charge in [0.15, 0.2) is 5.96 Å². The van der Waals surface area contributed by atoms with Gasteiger partial charge in [-0.1, -0.05) is 37.0 Å². The first-order valence-electron chi connectivity index (χ1n) is 7.93. The van der Waals surface area contributed by atoms with Gasteiger partial charge in [0.25, 0.3) is 0 Å². The quantitative estimate of drug-likeness (QED) is 0.647. The molecule has 4 nitrogen and oxygen atoms in total. The lowest BCUT2D eigenvalue weighted by Gasteiger charge is -2.23. The highest BCUT2D eigenvalue weighted by atomic mass is 16.5. The molecule has 0 bridgehead atoms. The standard InChI is InChI=1S/C17H27N3O/c1-13-8-10-16(11-9-13)21-14(2)12-19-17(18)20-15-6-4-3-5-7-15/h8-11,14-15H,3-7,12H2,1-2H3,(H3,18,19,20). The second-order valence-corrected chi connectivity index (χ2v) is 5.95. The van der Waals surface area contributed by atoms with E-state index in [0.717, 1.165) is 5.75 Å². The van der Waals surface area contributed by atoms with Gasteiger partial charge in [-0.25, -0.2) is 4.99 Å². The van der Waals surface area contributed by atoms with Crippen LogP contribution < -0.4 is 15.8 Å². The van der Waals surface area contributed by atoms with Crippen molar-refractivity contribution in [1.29, 1.82) is 0 Å². The zero-order valence-corrected chi connectivity index (χ0v) is 13.1. The molecule has 1 saturated carbocycles. The molecule has 4 heteroatoms. The SMILES string of the molecule is Cc1ccc(OC(C)CN=C(N)NC2CCCCC2)cc1. The molecule has 0 heterocycles. The maximum Gasteiger partial charge on any atom is 0.188 e. The lowest BCUT2D eigenvalue weighted by molar-refractivity contribution is 0.230. The highest BCUT2D eigenvalue weighted by Gasteiger charge is 2.13. The molecule has 1 aliphatic carbocycles. The highest BCUT2D eigenvalue weighted by molar-refractivity contribution is 5.78. The monoisotopic (exact) mass is 289 g/mol. The maximum absolute atomic E-state index is 5.95. The first-order chi connectivity index (χ1) is 10.1. The summed E-state index contributed by atoms with van der Waals surface area (Å²) in [5.41, 5.74) is 7.18. The summed E-state index contributed by atoms with van der Waals surface area (Å²) in [7, 11) is 0. The van der Waals surface area contributed by atoms with Crippen LogP contribution >= 0.6 is 0 Å². The predicted molar refractivity (Wildman–Crippen MR) is 87.8 cm³/mol. The molecule has 1 aliphatic rings. The van der Waals surface area contributed by atoms with E-state index in [1.165, 1.54) is 37.7 Å². The normalized spacial score (nSPS) is 18.3. The lowest BCUT2D eigenvalue weighted by atomic mass is 9.96. The van der Waals surface area contributed by atoms with Gasteiger partial charge in [-0.15, -0.1) is 0 Å². The number of hydrogen-bond acceptors (Lipinski definition) is 2. The molecule has 0 aromatic heterocycles. The van der Waals surface area contributed by atoms with Crippen LogP contribution in [-0.4, -0.2) is 24.7 Å². The summed E-state index contributed by atoms with van der Waals surface area (Å²) in [4.78, 5) is 4.39. The van der Waals surface area contributed by atoms with Crippen molar-refractivity contribution in [3.63, 3.8) is 0 Å². The number of hydrogen-bond donors (Lipinski definition) is 2. The van der Waals surface area contributed by atoms with Crippen LogP contribution in [0.2, 0.25) is 0 Å². The number of nitrogens with one attached hydrogen (secondary N) is 1. The minimum atomic E-state index is 0.0133. The van der Waals surface area contributed by atoms with E-state index in [-0.39, 0.29) is 6.10 Å². The highest BCUT2D eigenvalue weighted by Crippen LogP contribution is 2.17. The number of aliphatic imine (C=N–C) groups is 1. The molecule has 1 fully saturated rings. The summed E-state index contributed by atoms with van der Waals surface area (Å²) in [5.74, 6) is 1.42. The smallest absolute Gasteiger partial charge is 0.188 e. The average molecular weight is 289 g/mol. The van der Waals surface area contributed by atoms with Gasteiger partial charge in [0.2, 0.25) is 0 Å². The summed E-state index contributed by atoms with van der Waals surface area (Å²) in [6, 6.07) is 8.56. The molecule has 0 amide bonds. The number of rotatable bonds is 5. The minimum absolute atomic E-state index is 0.0133. The van der Waals surface area contributed by atoms with Gasteiger partial charge in [-0.05, 0) is 38.8 Å². The van der Waals surface area contributed by atoms with Gasteiger partial charge in [0.05, 0.1) is 6.54 Å². The number of ether oxygens (including phenoxy) is 1. The number of nitrogens with zero attached hydrogens (tertiary/aromatic N) is 1. The first kappa shape index (κ1) is 15.7. The summed E-state index contributed by atoms with van der Waals surface area (Å²) in [6.45, 7) is 4.64. The molecule has 2 rings (SSSR count). The summed E-state index contributed by atoms with van der Waals surface area (Å²) in [5, 5.41) is 3.32. The molecule has 0 saturated heterocycles. The van der Waals surface area contributed by atoms with Gasteiger partial charge in [-0.2, -0.15) is 0 Å². The van der Waals surface area contributed by atoms with Crippen molar-refractivity contribution in [2.75, 3.05) is 6.54 Å². The van der Waals surface area contributed by atoms with E-state index in [2.05, 4.69) is 17.2 Å². The van der Waals surface area contributed by atoms with Crippen LogP contribution in [0.5, 0.6) is 5.75 Å². The van der Waals surface area contributed by atoms with Crippen molar-refractivity contribution in [3.8, 4) is 5.75 Å². The number of nitrogens with two attached hydrogens (primary N) is 1. The summed E-state index contributed by atoms with van der Waals surface area (Å²) in [6.07, 6.45) is 6.34. The molecule has 116 valence electrons. The second-order valence-electron chi connectivity index (χ2n) is 5.95. The second kappa shape index (κ2) is 7.91. The Balaban J connectivity index is 1.74. The molecule has 21 heavy (non-hydrogen) atoms. The third-order valence-electron chi connectivity index (χ3n) is 3.83. The third-order valence-corrected chi connectivity index (χ3v) is 3.83. The van der Waals surface area contributed by atoms with Gasteiger partial charge < -0.3 is 15.8 Å². The van der Waals surface area contributed by atoms with Crippen molar-refractivity contribution in [2.24, 2.45) is 10.7 Å².